The fourth-order valence-corrected chi connectivity index (χ4v) is 6.07. The molecule has 222 valence electrons. The Morgan fingerprint density at radius 2 is 1.66 bits per heavy atom. The van der Waals surface area contributed by atoms with Gasteiger partial charge in [0, 0.05) is 42.9 Å². The summed E-state index contributed by atoms with van der Waals surface area (Å²) in [5.74, 6) is 0.587. The van der Waals surface area contributed by atoms with E-state index in [1.807, 2.05) is 72.8 Å². The van der Waals surface area contributed by atoms with Crippen LogP contribution in [0.2, 0.25) is 0 Å². The zero-order valence-electron chi connectivity index (χ0n) is 24.1. The molecular weight excluding hydrogens is 570 g/mol. The van der Waals surface area contributed by atoms with Gasteiger partial charge >= 0.3 is 0 Å². The van der Waals surface area contributed by atoms with Crippen molar-refractivity contribution in [3.63, 3.8) is 0 Å². The normalized spacial score (nSPS) is 18.1. The minimum absolute atomic E-state index is 0.00718. The lowest BCUT2D eigenvalue weighted by Gasteiger charge is -2.36. The number of hydrogen-bond acceptors (Lipinski definition) is 7. The number of amides is 1. The minimum Gasteiger partial charge on any atom is -0.392 e. The number of nitrogens with zero attached hydrogens (tertiary/aromatic N) is 2. The van der Waals surface area contributed by atoms with Crippen molar-refractivity contribution in [2.45, 2.75) is 43.1 Å². The lowest BCUT2D eigenvalue weighted by atomic mass is 9.97. The average molecular weight is 604 g/mol. The van der Waals surface area contributed by atoms with Gasteiger partial charge in [-0.05, 0) is 52.1 Å². The van der Waals surface area contributed by atoms with Gasteiger partial charge < -0.3 is 19.9 Å². The number of ether oxygens (including phenoxy) is 2. The summed E-state index contributed by atoms with van der Waals surface area (Å²) < 4.78 is 13.0. The smallest absolute Gasteiger partial charge is 0.253 e. The van der Waals surface area contributed by atoms with Crippen LogP contribution in [0, 0.1) is 0 Å². The van der Waals surface area contributed by atoms with E-state index in [0.717, 1.165) is 44.2 Å². The summed E-state index contributed by atoms with van der Waals surface area (Å²) in [5, 5.41) is 13.5. The second-order valence-corrected chi connectivity index (χ2v) is 11.6. The zero-order chi connectivity index (χ0) is 30.1. The van der Waals surface area contributed by atoms with Gasteiger partial charge in [-0.2, -0.15) is 0 Å². The van der Waals surface area contributed by atoms with E-state index >= 15 is 0 Å². The van der Waals surface area contributed by atoms with E-state index < -0.39 is 6.29 Å². The molecule has 0 radical (unpaired) electrons. The van der Waals surface area contributed by atoms with E-state index in [4.69, 9.17) is 9.47 Å². The number of thioether (sulfide) groups is 1. The van der Waals surface area contributed by atoms with Crippen molar-refractivity contribution in [3.05, 3.63) is 150 Å². The van der Waals surface area contributed by atoms with Crippen molar-refractivity contribution < 1.29 is 19.4 Å². The molecule has 1 saturated heterocycles. The van der Waals surface area contributed by atoms with E-state index in [1.54, 1.807) is 42.5 Å². The Hall–Kier alpha value is -4.34. The molecular formula is C36H33N3O4S. The number of pyridine rings is 2. The molecule has 5 aromatic rings. The highest BCUT2D eigenvalue weighted by Crippen LogP contribution is 2.40. The van der Waals surface area contributed by atoms with Gasteiger partial charge in [0.15, 0.2) is 6.29 Å². The summed E-state index contributed by atoms with van der Waals surface area (Å²) in [5.41, 5.74) is 6.48. The first-order valence-corrected chi connectivity index (χ1v) is 15.6. The van der Waals surface area contributed by atoms with Gasteiger partial charge in [0.25, 0.3) is 5.91 Å². The highest BCUT2D eigenvalue weighted by molar-refractivity contribution is 7.99. The molecule has 3 aromatic carbocycles. The Morgan fingerprint density at radius 3 is 2.41 bits per heavy atom. The van der Waals surface area contributed by atoms with Gasteiger partial charge in [-0.1, -0.05) is 78.9 Å². The van der Waals surface area contributed by atoms with Crippen LogP contribution in [0.15, 0.2) is 127 Å². The predicted molar refractivity (Wildman–Crippen MR) is 171 cm³/mol. The monoisotopic (exact) mass is 603 g/mol. The summed E-state index contributed by atoms with van der Waals surface area (Å²) in [6, 6.07) is 33.6. The van der Waals surface area contributed by atoms with Crippen LogP contribution < -0.4 is 5.32 Å². The number of aliphatic hydroxyl groups is 1. The number of rotatable bonds is 10. The molecule has 0 spiro atoms. The van der Waals surface area contributed by atoms with Crippen LogP contribution >= 0.6 is 11.8 Å². The molecule has 0 unspecified atom stereocenters. The van der Waals surface area contributed by atoms with Crippen LogP contribution in [-0.4, -0.2) is 32.8 Å². The highest BCUT2D eigenvalue weighted by atomic mass is 32.2. The summed E-state index contributed by atoms with van der Waals surface area (Å²) in [7, 11) is 0. The molecule has 0 saturated carbocycles. The topological polar surface area (TPSA) is 93.6 Å². The van der Waals surface area contributed by atoms with Gasteiger partial charge in [0.1, 0.15) is 0 Å². The van der Waals surface area contributed by atoms with Crippen LogP contribution in [0.25, 0.3) is 11.1 Å². The van der Waals surface area contributed by atoms with Crippen LogP contribution in [0.4, 0.5) is 0 Å². The molecule has 1 aliphatic heterocycles. The van der Waals surface area contributed by atoms with E-state index in [9.17, 15) is 9.90 Å². The number of aliphatic hydroxyl groups excluding tert-OH is 1. The van der Waals surface area contributed by atoms with Crippen molar-refractivity contribution in [1.29, 1.82) is 0 Å². The number of benzene rings is 3. The maximum Gasteiger partial charge on any atom is 0.253 e. The number of aromatic nitrogens is 2. The Labute approximate surface area is 261 Å². The molecule has 6 rings (SSSR count). The first kappa shape index (κ1) is 29.7. The first-order chi connectivity index (χ1) is 21.7. The Balaban J connectivity index is 1.19. The summed E-state index contributed by atoms with van der Waals surface area (Å²) >= 11 is 1.68. The van der Waals surface area contributed by atoms with Crippen LogP contribution in [-0.2, 0) is 22.6 Å². The molecule has 3 atom stereocenters. The number of carbonyl (C=O) groups is 1. The first-order valence-electron chi connectivity index (χ1n) is 14.6. The van der Waals surface area contributed by atoms with Crippen molar-refractivity contribution in [3.8, 4) is 11.1 Å². The number of nitrogens with one attached hydrogen (secondary N) is 1. The van der Waals surface area contributed by atoms with Gasteiger partial charge in [-0.3, -0.25) is 9.78 Å². The fraction of sp³-hybridized carbons (Fsp3) is 0.194. The largest absolute Gasteiger partial charge is 0.392 e. The molecule has 0 aliphatic carbocycles. The van der Waals surface area contributed by atoms with E-state index in [-0.39, 0.29) is 24.7 Å². The van der Waals surface area contributed by atoms with Gasteiger partial charge in [0.2, 0.25) is 0 Å². The van der Waals surface area contributed by atoms with Crippen molar-refractivity contribution in [2.75, 3.05) is 5.75 Å². The lowest BCUT2D eigenvalue weighted by molar-refractivity contribution is -0.245. The van der Waals surface area contributed by atoms with E-state index in [1.165, 1.54) is 0 Å². The Bertz CT molecular complexity index is 1650. The molecule has 2 aromatic heterocycles. The average Bonchev–Trinajstić information content (AvgIpc) is 3.10. The van der Waals surface area contributed by atoms with Crippen LogP contribution in [0.5, 0.6) is 0 Å². The molecule has 7 nitrogen and oxygen atoms in total. The lowest BCUT2D eigenvalue weighted by Crippen LogP contribution is -2.31. The van der Waals surface area contributed by atoms with E-state index in [2.05, 4.69) is 33.5 Å². The predicted octanol–water partition coefficient (Wildman–Crippen LogP) is 6.90. The third-order valence-corrected chi connectivity index (χ3v) is 8.62. The standard InChI is InChI=1S/C36H33N3O4S/c40-23-25-10-12-27(13-11-25)33-20-31(24-44-34-9-3-4-19-38-34)42-36(43-33)28-16-14-26(15-17-28)32-8-2-1-6-29(32)22-39-35(41)30-7-5-18-37-21-30/h1-19,21,31,33,36,40H,20,22-24H2,(H,39,41)/t31-,33+,36+/m0/s1. The third-order valence-electron chi connectivity index (χ3n) is 7.54. The molecule has 1 amide bonds. The van der Waals surface area contributed by atoms with Crippen molar-refractivity contribution in [2.24, 2.45) is 0 Å². The van der Waals surface area contributed by atoms with Crippen LogP contribution in [0.3, 0.4) is 0 Å². The molecule has 1 fully saturated rings. The second-order valence-electron chi connectivity index (χ2n) is 10.5. The zero-order valence-corrected chi connectivity index (χ0v) is 24.9. The molecule has 44 heavy (non-hydrogen) atoms. The van der Waals surface area contributed by atoms with Gasteiger partial charge in [-0.25, -0.2) is 4.98 Å². The summed E-state index contributed by atoms with van der Waals surface area (Å²) in [4.78, 5) is 21.1. The maximum absolute atomic E-state index is 12.6. The van der Waals surface area contributed by atoms with E-state index in [0.29, 0.717) is 18.5 Å². The maximum atomic E-state index is 12.6. The highest BCUT2D eigenvalue weighted by Gasteiger charge is 2.32. The molecule has 0 bridgehead atoms. The van der Waals surface area contributed by atoms with Gasteiger partial charge in [-0.15, -0.1) is 11.8 Å². The summed E-state index contributed by atoms with van der Waals surface area (Å²) in [6.45, 7) is 0.403. The fourth-order valence-electron chi connectivity index (χ4n) is 5.18. The van der Waals surface area contributed by atoms with Crippen molar-refractivity contribution in [1.82, 2.24) is 15.3 Å². The quantitative estimate of drug-likeness (QED) is 0.168. The van der Waals surface area contributed by atoms with Crippen molar-refractivity contribution >= 4 is 17.7 Å². The SMILES string of the molecule is O=C(NCc1ccccc1-c1ccc([C@@H]2O[C@H](CSc3ccccn3)C[C@H](c3ccc(CO)cc3)O2)cc1)c1cccnc1. The van der Waals surface area contributed by atoms with Crippen LogP contribution in [0.1, 0.15) is 51.4 Å². The molecule has 8 heteroatoms. The molecule has 1 aliphatic rings. The minimum atomic E-state index is -0.538. The Kier molecular flexibility index (Phi) is 9.74. The molecule has 3 heterocycles. The van der Waals surface area contributed by atoms with Gasteiger partial charge in [0.05, 0.1) is 29.4 Å². The molecule has 2 N–H and O–H groups in total. The Morgan fingerprint density at radius 1 is 0.864 bits per heavy atom. The number of hydrogen-bond donors (Lipinski definition) is 2. The summed E-state index contributed by atoms with van der Waals surface area (Å²) in [6.07, 6.45) is 4.98. The third kappa shape index (κ3) is 7.41. The second kappa shape index (κ2) is 14.4. The number of carbonyl (C=O) groups excluding carboxylic acids is 1.